The summed E-state index contributed by atoms with van der Waals surface area (Å²) in [5.74, 6) is 0.697. The lowest BCUT2D eigenvalue weighted by Gasteiger charge is -2.31. The van der Waals surface area contributed by atoms with Gasteiger partial charge in [0.15, 0.2) is 0 Å². The normalized spacial score (nSPS) is 15.6. The topological polar surface area (TPSA) is 46.1 Å². The average molecular weight is 309 g/mol. The summed E-state index contributed by atoms with van der Waals surface area (Å²) in [6.07, 6.45) is 7.03. The van der Waals surface area contributed by atoms with Gasteiger partial charge in [-0.3, -0.25) is 14.8 Å². The first-order valence-corrected chi connectivity index (χ1v) is 8.32. The van der Waals surface area contributed by atoms with Crippen molar-refractivity contribution in [1.29, 1.82) is 0 Å². The van der Waals surface area contributed by atoms with Crippen LogP contribution in [0.2, 0.25) is 0 Å². The van der Waals surface area contributed by atoms with Crippen LogP contribution < -0.4 is 0 Å². The molecule has 1 aromatic carbocycles. The highest BCUT2D eigenvalue weighted by molar-refractivity contribution is 5.76. The van der Waals surface area contributed by atoms with E-state index in [1.165, 1.54) is 5.56 Å². The van der Waals surface area contributed by atoms with Crippen LogP contribution in [0.4, 0.5) is 0 Å². The molecule has 0 spiro atoms. The van der Waals surface area contributed by atoms with Gasteiger partial charge in [0, 0.05) is 37.8 Å². The fourth-order valence-electron chi connectivity index (χ4n) is 3.16. The van der Waals surface area contributed by atoms with Gasteiger partial charge in [0.2, 0.25) is 5.91 Å². The first-order valence-electron chi connectivity index (χ1n) is 8.32. The van der Waals surface area contributed by atoms with Crippen molar-refractivity contribution in [2.24, 2.45) is 0 Å². The molecule has 0 aliphatic carbocycles. The number of hydrogen-bond acceptors (Lipinski definition) is 3. The van der Waals surface area contributed by atoms with E-state index >= 15 is 0 Å². The predicted molar refractivity (Wildman–Crippen MR) is 90.1 cm³/mol. The third-order valence-electron chi connectivity index (χ3n) is 4.51. The van der Waals surface area contributed by atoms with Gasteiger partial charge in [-0.05, 0) is 31.7 Å². The van der Waals surface area contributed by atoms with E-state index in [1.807, 2.05) is 36.2 Å². The van der Waals surface area contributed by atoms with Crippen LogP contribution in [0.25, 0.3) is 0 Å². The van der Waals surface area contributed by atoms with Crippen molar-refractivity contribution in [3.05, 3.63) is 59.7 Å². The molecule has 3 rings (SSSR count). The van der Waals surface area contributed by atoms with Gasteiger partial charge < -0.3 is 4.90 Å². The molecule has 23 heavy (non-hydrogen) atoms. The second-order valence-electron chi connectivity index (χ2n) is 6.23. The zero-order chi connectivity index (χ0) is 16.1. The molecule has 0 unspecified atom stereocenters. The van der Waals surface area contributed by atoms with E-state index in [-0.39, 0.29) is 5.91 Å². The quantitative estimate of drug-likeness (QED) is 0.871. The van der Waals surface area contributed by atoms with Gasteiger partial charge in [0.05, 0.1) is 11.4 Å². The van der Waals surface area contributed by atoms with Gasteiger partial charge in [-0.2, -0.15) is 0 Å². The number of carbonyl (C=O) groups excluding carboxylic acids is 1. The van der Waals surface area contributed by atoms with Crippen LogP contribution >= 0.6 is 0 Å². The maximum absolute atomic E-state index is 12.4. The molecule has 0 atom stereocenters. The summed E-state index contributed by atoms with van der Waals surface area (Å²) in [5.41, 5.74) is 3.26. The molecule has 2 heterocycles. The highest BCUT2D eigenvalue weighted by Crippen LogP contribution is 2.26. The number of aryl methyl sites for hydroxylation is 2. The summed E-state index contributed by atoms with van der Waals surface area (Å²) in [7, 11) is 0. The lowest BCUT2D eigenvalue weighted by atomic mass is 9.93. The van der Waals surface area contributed by atoms with E-state index in [0.29, 0.717) is 12.3 Å². The minimum Gasteiger partial charge on any atom is -0.343 e. The second-order valence-corrected chi connectivity index (χ2v) is 6.23. The lowest BCUT2D eigenvalue weighted by molar-refractivity contribution is -0.132. The number of nitrogens with zero attached hydrogens (tertiary/aromatic N) is 3. The highest BCUT2D eigenvalue weighted by atomic mass is 16.2. The summed E-state index contributed by atoms with van der Waals surface area (Å²) in [4.78, 5) is 23.2. The number of carbonyl (C=O) groups is 1. The largest absolute Gasteiger partial charge is 0.343 e. The van der Waals surface area contributed by atoms with E-state index in [1.54, 1.807) is 6.20 Å². The van der Waals surface area contributed by atoms with Crippen molar-refractivity contribution in [1.82, 2.24) is 14.9 Å². The van der Waals surface area contributed by atoms with Crippen molar-refractivity contribution in [3.63, 3.8) is 0 Å². The number of piperidine rings is 1. The van der Waals surface area contributed by atoms with Gasteiger partial charge in [-0.15, -0.1) is 0 Å². The van der Waals surface area contributed by atoms with Crippen LogP contribution in [0.3, 0.4) is 0 Å². The van der Waals surface area contributed by atoms with Crippen molar-refractivity contribution >= 4 is 5.91 Å². The molecule has 2 aromatic rings. The van der Waals surface area contributed by atoms with E-state index < -0.39 is 0 Å². The minimum absolute atomic E-state index is 0.266. The standard InChI is InChI=1S/C19H23N3O/c1-15-13-20-14-18(21-15)17-9-11-22(12-10-17)19(23)8-7-16-5-3-2-4-6-16/h2-6,13-14,17H,7-12H2,1H3. The van der Waals surface area contributed by atoms with Crippen LogP contribution in [0, 0.1) is 6.92 Å². The van der Waals surface area contributed by atoms with Crippen LogP contribution in [0.15, 0.2) is 42.7 Å². The lowest BCUT2D eigenvalue weighted by Crippen LogP contribution is -2.38. The Kier molecular flexibility index (Phi) is 5.01. The molecule has 1 fully saturated rings. The Morgan fingerprint density at radius 2 is 1.91 bits per heavy atom. The molecule has 1 saturated heterocycles. The summed E-state index contributed by atoms with van der Waals surface area (Å²) in [6.45, 7) is 3.63. The zero-order valence-electron chi connectivity index (χ0n) is 13.6. The molecule has 0 saturated carbocycles. The summed E-state index contributed by atoms with van der Waals surface area (Å²) in [6, 6.07) is 10.2. The zero-order valence-corrected chi connectivity index (χ0v) is 13.6. The van der Waals surface area contributed by atoms with Crippen LogP contribution in [-0.2, 0) is 11.2 Å². The highest BCUT2D eigenvalue weighted by Gasteiger charge is 2.24. The molecule has 4 nitrogen and oxygen atoms in total. The molecule has 120 valence electrons. The number of hydrogen-bond donors (Lipinski definition) is 0. The van der Waals surface area contributed by atoms with Gasteiger partial charge in [0.1, 0.15) is 0 Å². The Hall–Kier alpha value is -2.23. The van der Waals surface area contributed by atoms with Crippen molar-refractivity contribution in [3.8, 4) is 0 Å². The molecule has 1 amide bonds. The van der Waals surface area contributed by atoms with Gasteiger partial charge in [-0.25, -0.2) is 0 Å². The first kappa shape index (κ1) is 15.7. The summed E-state index contributed by atoms with van der Waals surface area (Å²) < 4.78 is 0. The Balaban J connectivity index is 1.49. The van der Waals surface area contributed by atoms with Crippen LogP contribution in [0.5, 0.6) is 0 Å². The maximum atomic E-state index is 12.4. The number of rotatable bonds is 4. The van der Waals surface area contributed by atoms with Gasteiger partial charge in [0.25, 0.3) is 0 Å². The first-order chi connectivity index (χ1) is 11.2. The van der Waals surface area contributed by atoms with E-state index in [4.69, 9.17) is 0 Å². The van der Waals surface area contributed by atoms with Crippen molar-refractivity contribution in [2.75, 3.05) is 13.1 Å². The number of benzene rings is 1. The van der Waals surface area contributed by atoms with E-state index in [2.05, 4.69) is 22.1 Å². The average Bonchev–Trinajstić information content (AvgIpc) is 2.61. The fourth-order valence-corrected chi connectivity index (χ4v) is 3.16. The Morgan fingerprint density at radius 3 is 2.61 bits per heavy atom. The molecule has 0 radical (unpaired) electrons. The number of amides is 1. The SMILES string of the molecule is Cc1cncc(C2CCN(C(=O)CCc3ccccc3)CC2)n1. The molecule has 4 heteroatoms. The Labute approximate surface area is 137 Å². The Bertz CT molecular complexity index is 649. The predicted octanol–water partition coefficient (Wildman–Crippen LogP) is 3.12. The fraction of sp³-hybridized carbons (Fsp3) is 0.421. The molecular formula is C19H23N3O. The van der Waals surface area contributed by atoms with Crippen LogP contribution in [-0.4, -0.2) is 33.9 Å². The molecule has 1 aromatic heterocycles. The van der Waals surface area contributed by atoms with Crippen molar-refractivity contribution in [2.45, 2.75) is 38.5 Å². The second kappa shape index (κ2) is 7.36. The number of likely N-dealkylation sites (tertiary alicyclic amines) is 1. The van der Waals surface area contributed by atoms with Crippen molar-refractivity contribution < 1.29 is 4.79 Å². The van der Waals surface area contributed by atoms with Crippen LogP contribution in [0.1, 0.15) is 42.1 Å². The number of aromatic nitrogens is 2. The Morgan fingerprint density at radius 1 is 1.17 bits per heavy atom. The molecule has 0 bridgehead atoms. The molecule has 1 aliphatic heterocycles. The van der Waals surface area contributed by atoms with E-state index in [0.717, 1.165) is 43.7 Å². The summed E-state index contributed by atoms with van der Waals surface area (Å²) in [5, 5.41) is 0. The van der Waals surface area contributed by atoms with Gasteiger partial charge in [-0.1, -0.05) is 30.3 Å². The monoisotopic (exact) mass is 309 g/mol. The maximum Gasteiger partial charge on any atom is 0.222 e. The molecule has 1 aliphatic rings. The molecule has 0 N–H and O–H groups in total. The summed E-state index contributed by atoms with van der Waals surface area (Å²) >= 11 is 0. The smallest absolute Gasteiger partial charge is 0.222 e. The van der Waals surface area contributed by atoms with E-state index in [9.17, 15) is 4.79 Å². The minimum atomic E-state index is 0.266. The third kappa shape index (κ3) is 4.15. The third-order valence-corrected chi connectivity index (χ3v) is 4.51. The van der Waals surface area contributed by atoms with Gasteiger partial charge >= 0.3 is 0 Å². The molecular weight excluding hydrogens is 286 g/mol.